The summed E-state index contributed by atoms with van der Waals surface area (Å²) in [4.78, 5) is 25.7. The first-order chi connectivity index (χ1) is 16.0. The first-order valence-corrected chi connectivity index (χ1v) is 11.0. The Bertz CT molecular complexity index is 1330. The van der Waals surface area contributed by atoms with Gasteiger partial charge in [-0.15, -0.1) is 0 Å². The van der Waals surface area contributed by atoms with Gasteiger partial charge >= 0.3 is 0 Å². The number of nitrogens with zero attached hydrogens (tertiary/aromatic N) is 6. The topological polar surface area (TPSA) is 67.2 Å². The highest BCUT2D eigenvalue weighted by Crippen LogP contribution is 2.25. The van der Waals surface area contributed by atoms with Crippen LogP contribution in [0.15, 0.2) is 55.1 Å². The van der Waals surface area contributed by atoms with Crippen LogP contribution in [0.5, 0.6) is 0 Å². The van der Waals surface area contributed by atoms with Gasteiger partial charge in [0.05, 0.1) is 18.2 Å². The van der Waals surface area contributed by atoms with Crippen LogP contribution in [-0.2, 0) is 13.5 Å². The number of hydrogen-bond donors (Lipinski definition) is 0. The summed E-state index contributed by atoms with van der Waals surface area (Å²) < 4.78 is 17.0. The number of aryl methyl sites for hydroxylation is 1. The standard InChI is InChI=1S/C25H25FN6O/c1-30-7-9-32(10-8-30)25-24(26)22(5-6-27-25)23(33)13-21-12-19-11-17(3-4-18(19)14-28-21)20-15-29-31(2)16-20/h3-6,11-12,14-16H,7-10,13H2,1-2H3. The average Bonchev–Trinajstić information content (AvgIpc) is 3.25. The van der Waals surface area contributed by atoms with E-state index in [0.717, 1.165) is 35.0 Å². The Morgan fingerprint density at radius 1 is 0.970 bits per heavy atom. The maximum Gasteiger partial charge on any atom is 0.176 e. The number of Topliss-reactive ketones (excluding diaryl/α,β-unsaturated/α-hetero) is 1. The molecule has 1 aromatic carbocycles. The molecule has 0 radical (unpaired) electrons. The van der Waals surface area contributed by atoms with Gasteiger partial charge in [0.1, 0.15) is 0 Å². The van der Waals surface area contributed by atoms with E-state index in [9.17, 15) is 4.79 Å². The highest BCUT2D eigenvalue weighted by atomic mass is 19.1. The van der Waals surface area contributed by atoms with Crippen LogP contribution in [-0.4, -0.2) is 63.7 Å². The lowest BCUT2D eigenvalue weighted by Crippen LogP contribution is -2.45. The zero-order chi connectivity index (χ0) is 22.9. The molecule has 33 heavy (non-hydrogen) atoms. The third-order valence-electron chi connectivity index (χ3n) is 6.13. The average molecular weight is 445 g/mol. The molecule has 1 aliphatic rings. The molecule has 3 aromatic heterocycles. The number of benzene rings is 1. The zero-order valence-corrected chi connectivity index (χ0v) is 18.7. The minimum Gasteiger partial charge on any atom is -0.352 e. The smallest absolute Gasteiger partial charge is 0.176 e. The van der Waals surface area contributed by atoms with Crippen LogP contribution >= 0.6 is 0 Å². The molecule has 0 amide bonds. The van der Waals surface area contributed by atoms with E-state index in [1.807, 2.05) is 49.6 Å². The van der Waals surface area contributed by atoms with Gasteiger partial charge in [0.15, 0.2) is 17.4 Å². The predicted molar refractivity (Wildman–Crippen MR) is 126 cm³/mol. The molecule has 1 fully saturated rings. The third kappa shape index (κ3) is 4.34. The lowest BCUT2D eigenvalue weighted by atomic mass is 10.0. The number of likely N-dealkylation sites (N-methyl/N-ethyl adjacent to an activating group) is 1. The van der Waals surface area contributed by atoms with Gasteiger partial charge in [0.25, 0.3) is 0 Å². The van der Waals surface area contributed by atoms with Crippen molar-refractivity contribution in [3.8, 4) is 11.1 Å². The molecule has 8 heteroatoms. The second-order valence-corrected chi connectivity index (χ2v) is 8.53. The molecule has 0 unspecified atom stereocenters. The second kappa shape index (κ2) is 8.71. The van der Waals surface area contributed by atoms with E-state index in [1.54, 1.807) is 10.9 Å². The first-order valence-electron chi connectivity index (χ1n) is 11.0. The molecule has 0 atom stereocenters. The molecular formula is C25H25FN6O. The molecule has 0 N–H and O–H groups in total. The highest BCUT2D eigenvalue weighted by Gasteiger charge is 2.23. The van der Waals surface area contributed by atoms with Crippen LogP contribution in [0.3, 0.4) is 0 Å². The summed E-state index contributed by atoms with van der Waals surface area (Å²) in [6.07, 6.45) is 7.06. The van der Waals surface area contributed by atoms with Gasteiger partial charge in [0.2, 0.25) is 0 Å². The van der Waals surface area contributed by atoms with Crippen LogP contribution in [0, 0.1) is 5.82 Å². The van der Waals surface area contributed by atoms with E-state index in [1.165, 1.54) is 12.3 Å². The number of carbonyl (C=O) groups excluding carboxylic acids is 1. The number of pyridine rings is 2. The number of halogens is 1. The summed E-state index contributed by atoms with van der Waals surface area (Å²) in [7, 11) is 3.92. The van der Waals surface area contributed by atoms with E-state index < -0.39 is 5.82 Å². The number of ketones is 1. The Labute approximate surface area is 191 Å². The van der Waals surface area contributed by atoms with Crippen LogP contribution < -0.4 is 4.90 Å². The normalized spacial score (nSPS) is 14.7. The summed E-state index contributed by atoms with van der Waals surface area (Å²) in [5, 5.41) is 6.18. The van der Waals surface area contributed by atoms with Crippen molar-refractivity contribution < 1.29 is 9.18 Å². The van der Waals surface area contributed by atoms with E-state index in [-0.39, 0.29) is 23.6 Å². The van der Waals surface area contributed by atoms with Crippen LogP contribution in [0.25, 0.3) is 21.9 Å². The molecule has 0 aliphatic carbocycles. The van der Waals surface area contributed by atoms with E-state index in [4.69, 9.17) is 0 Å². The van der Waals surface area contributed by atoms with Crippen molar-refractivity contribution >= 4 is 22.4 Å². The summed E-state index contributed by atoms with van der Waals surface area (Å²) in [5.41, 5.74) is 2.72. The minimum atomic E-state index is -0.549. The van der Waals surface area contributed by atoms with Gasteiger partial charge < -0.3 is 9.80 Å². The van der Waals surface area contributed by atoms with Crippen LogP contribution in [0.1, 0.15) is 16.1 Å². The quantitative estimate of drug-likeness (QED) is 0.440. The maximum absolute atomic E-state index is 15.2. The molecule has 0 saturated carbocycles. The number of carbonyl (C=O) groups is 1. The molecule has 1 saturated heterocycles. The van der Waals surface area contributed by atoms with Crippen molar-refractivity contribution in [1.29, 1.82) is 0 Å². The predicted octanol–water partition coefficient (Wildman–Crippen LogP) is 3.35. The zero-order valence-electron chi connectivity index (χ0n) is 18.7. The number of aromatic nitrogens is 4. The molecule has 168 valence electrons. The van der Waals surface area contributed by atoms with Crippen molar-refractivity contribution in [2.24, 2.45) is 7.05 Å². The van der Waals surface area contributed by atoms with Crippen molar-refractivity contribution in [2.75, 3.05) is 38.1 Å². The minimum absolute atomic E-state index is 0.0240. The number of fused-ring (bicyclic) bond motifs is 1. The van der Waals surface area contributed by atoms with E-state index in [0.29, 0.717) is 18.8 Å². The maximum atomic E-state index is 15.2. The van der Waals surface area contributed by atoms with Gasteiger partial charge in [0, 0.05) is 68.5 Å². The fourth-order valence-electron chi connectivity index (χ4n) is 4.18. The second-order valence-electron chi connectivity index (χ2n) is 8.53. The monoisotopic (exact) mass is 444 g/mol. The number of anilines is 1. The highest BCUT2D eigenvalue weighted by molar-refractivity contribution is 5.98. The van der Waals surface area contributed by atoms with Gasteiger partial charge in [-0.2, -0.15) is 5.10 Å². The van der Waals surface area contributed by atoms with Crippen molar-refractivity contribution in [2.45, 2.75) is 6.42 Å². The number of piperazine rings is 1. The largest absolute Gasteiger partial charge is 0.352 e. The lowest BCUT2D eigenvalue weighted by Gasteiger charge is -2.33. The van der Waals surface area contributed by atoms with E-state index in [2.05, 4.69) is 26.0 Å². The molecule has 0 bridgehead atoms. The van der Waals surface area contributed by atoms with Gasteiger partial charge in [-0.05, 0) is 36.2 Å². The van der Waals surface area contributed by atoms with Crippen molar-refractivity contribution in [1.82, 2.24) is 24.6 Å². The van der Waals surface area contributed by atoms with Crippen LogP contribution in [0.2, 0.25) is 0 Å². The summed E-state index contributed by atoms with van der Waals surface area (Å²) in [6.45, 7) is 3.04. The Balaban J connectivity index is 1.39. The van der Waals surface area contributed by atoms with Crippen molar-refractivity contribution in [3.63, 3.8) is 0 Å². The Morgan fingerprint density at radius 3 is 2.55 bits per heavy atom. The molecule has 5 rings (SSSR count). The fraction of sp³-hybridized carbons (Fsp3) is 0.280. The molecule has 1 aliphatic heterocycles. The fourth-order valence-corrected chi connectivity index (χ4v) is 4.18. The Kier molecular flexibility index (Phi) is 5.60. The summed E-state index contributed by atoms with van der Waals surface area (Å²) in [5.74, 6) is -0.603. The first kappa shape index (κ1) is 21.2. The van der Waals surface area contributed by atoms with Gasteiger partial charge in [-0.25, -0.2) is 9.37 Å². The Hall–Kier alpha value is -3.65. The molecular weight excluding hydrogens is 419 g/mol. The van der Waals surface area contributed by atoms with Gasteiger partial charge in [-0.1, -0.05) is 12.1 Å². The third-order valence-corrected chi connectivity index (χ3v) is 6.13. The molecule has 4 heterocycles. The van der Waals surface area contributed by atoms with Crippen molar-refractivity contribution in [3.05, 3.63) is 72.2 Å². The lowest BCUT2D eigenvalue weighted by molar-refractivity contribution is 0.0988. The molecule has 4 aromatic rings. The SMILES string of the molecule is CN1CCN(c2nccc(C(=O)Cc3cc4cc(-c5cnn(C)c5)ccc4cn3)c2F)CC1. The molecule has 0 spiro atoms. The number of hydrogen-bond acceptors (Lipinski definition) is 6. The summed E-state index contributed by atoms with van der Waals surface area (Å²) in [6, 6.07) is 9.44. The Morgan fingerprint density at radius 2 is 1.79 bits per heavy atom. The van der Waals surface area contributed by atoms with Crippen LogP contribution in [0.4, 0.5) is 10.2 Å². The van der Waals surface area contributed by atoms with E-state index >= 15 is 4.39 Å². The number of rotatable bonds is 5. The van der Waals surface area contributed by atoms with Gasteiger partial charge in [-0.3, -0.25) is 14.5 Å². The molecule has 7 nitrogen and oxygen atoms in total. The summed E-state index contributed by atoms with van der Waals surface area (Å²) >= 11 is 0.